The molecule has 2 unspecified atom stereocenters. The summed E-state index contributed by atoms with van der Waals surface area (Å²) in [5, 5.41) is 0. The van der Waals surface area contributed by atoms with E-state index in [1.165, 1.54) is 51.4 Å². The zero-order valence-electron chi connectivity index (χ0n) is 13.5. The Labute approximate surface area is 130 Å². The number of hydrogen-bond donors (Lipinski definition) is 0. The molecule has 0 spiro atoms. The number of hydrogen-bond acceptors (Lipinski definition) is 2. The highest BCUT2D eigenvalue weighted by molar-refractivity contribution is 8.61. The second-order valence-corrected chi connectivity index (χ2v) is 9.81. The Kier molecular flexibility index (Phi) is 15.9. The lowest BCUT2D eigenvalue weighted by Crippen LogP contribution is -2.08. The average Bonchev–Trinajstić information content (AvgIpc) is 2.45. The van der Waals surface area contributed by atoms with E-state index in [9.17, 15) is 8.42 Å². The third-order valence-corrected chi connectivity index (χ3v) is 7.44. The van der Waals surface area contributed by atoms with E-state index in [0.29, 0.717) is 11.5 Å². The molecule has 0 aromatic heterocycles. The highest BCUT2D eigenvalue weighted by Crippen LogP contribution is 2.09. The number of unbranched alkanes of at least 4 members (excludes halogenated alkanes) is 10. The third kappa shape index (κ3) is 13.3. The van der Waals surface area contributed by atoms with Crippen LogP contribution in [-0.2, 0) is 19.7 Å². The molecule has 2 nitrogen and oxygen atoms in total. The first kappa shape index (κ1) is 20.3. The molecular weight excluding hydrogens is 288 g/mol. The Hall–Kier alpha value is 0.300. The van der Waals surface area contributed by atoms with Crippen molar-refractivity contribution >= 4 is 19.7 Å². The standard InChI is InChI=1S/C16H34O2S2/c1-3-5-7-9-11-13-15-19(17)20(18)16-14-12-10-8-6-4-2/h3-16H2,1-2H3. The van der Waals surface area contributed by atoms with E-state index in [1.54, 1.807) is 0 Å². The second kappa shape index (κ2) is 15.7. The Morgan fingerprint density at radius 2 is 0.800 bits per heavy atom. The summed E-state index contributed by atoms with van der Waals surface area (Å²) in [4.78, 5) is 0. The van der Waals surface area contributed by atoms with Gasteiger partial charge in [-0.2, -0.15) is 0 Å². The average molecular weight is 323 g/mol. The fraction of sp³-hybridized carbons (Fsp3) is 1.00. The summed E-state index contributed by atoms with van der Waals surface area (Å²) in [7, 11) is -2.22. The molecule has 0 radical (unpaired) electrons. The summed E-state index contributed by atoms with van der Waals surface area (Å²) in [6, 6.07) is 0. The van der Waals surface area contributed by atoms with Gasteiger partial charge in [0.05, 0.1) is 0 Å². The SMILES string of the molecule is CCCCCCCCS(=O)S(=O)CCCCCCCC. The zero-order chi connectivity index (χ0) is 15.1. The molecule has 4 heteroatoms. The Balaban J connectivity index is 3.40. The first-order chi connectivity index (χ1) is 9.72. The maximum atomic E-state index is 11.8. The largest absolute Gasteiger partial charge is 0.246 e. The summed E-state index contributed by atoms with van der Waals surface area (Å²) in [6.07, 6.45) is 14.4. The van der Waals surface area contributed by atoms with Gasteiger partial charge in [-0.05, 0) is 12.8 Å². The van der Waals surface area contributed by atoms with Crippen molar-refractivity contribution in [1.29, 1.82) is 0 Å². The van der Waals surface area contributed by atoms with Crippen LogP contribution in [-0.4, -0.2) is 19.9 Å². The Morgan fingerprint density at radius 3 is 1.15 bits per heavy atom. The number of rotatable bonds is 15. The van der Waals surface area contributed by atoms with Crippen LogP contribution in [0.1, 0.15) is 90.9 Å². The van der Waals surface area contributed by atoms with Gasteiger partial charge in [-0.25, -0.2) is 8.42 Å². The van der Waals surface area contributed by atoms with Crippen molar-refractivity contribution in [3.63, 3.8) is 0 Å². The molecule has 0 rings (SSSR count). The third-order valence-electron chi connectivity index (χ3n) is 3.54. The molecule has 2 atom stereocenters. The zero-order valence-corrected chi connectivity index (χ0v) is 15.2. The summed E-state index contributed by atoms with van der Waals surface area (Å²) in [5.74, 6) is 1.27. The minimum atomic E-state index is -1.11. The topological polar surface area (TPSA) is 34.1 Å². The van der Waals surface area contributed by atoms with Gasteiger partial charge in [0, 0.05) is 11.5 Å². The van der Waals surface area contributed by atoms with Gasteiger partial charge in [0.1, 0.15) is 19.7 Å². The van der Waals surface area contributed by atoms with Crippen LogP contribution in [0.3, 0.4) is 0 Å². The molecular formula is C16H34O2S2. The molecule has 0 heterocycles. The second-order valence-electron chi connectivity index (χ2n) is 5.55. The first-order valence-corrected chi connectivity index (χ1v) is 11.6. The smallest absolute Gasteiger partial charge is 0.110 e. The molecule has 0 amide bonds. The molecule has 0 saturated carbocycles. The monoisotopic (exact) mass is 322 g/mol. The van der Waals surface area contributed by atoms with Gasteiger partial charge < -0.3 is 0 Å². The normalized spacial score (nSPS) is 14.3. The van der Waals surface area contributed by atoms with E-state index in [4.69, 9.17) is 0 Å². The minimum absolute atomic E-state index is 0.634. The van der Waals surface area contributed by atoms with Gasteiger partial charge in [-0.15, -0.1) is 0 Å². The van der Waals surface area contributed by atoms with E-state index in [1.807, 2.05) is 0 Å². The van der Waals surface area contributed by atoms with E-state index in [-0.39, 0.29) is 0 Å². The predicted molar refractivity (Wildman–Crippen MR) is 92.8 cm³/mol. The Bertz CT molecular complexity index is 229. The van der Waals surface area contributed by atoms with E-state index < -0.39 is 19.7 Å². The molecule has 0 bridgehead atoms. The molecule has 0 aliphatic heterocycles. The molecule has 0 aromatic carbocycles. The molecule has 20 heavy (non-hydrogen) atoms. The van der Waals surface area contributed by atoms with Crippen LogP contribution >= 0.6 is 0 Å². The highest BCUT2D eigenvalue weighted by atomic mass is 33.1. The van der Waals surface area contributed by atoms with Gasteiger partial charge in [0.25, 0.3) is 0 Å². The lowest BCUT2D eigenvalue weighted by Gasteiger charge is -2.03. The van der Waals surface area contributed by atoms with Crippen LogP contribution < -0.4 is 0 Å². The fourth-order valence-corrected chi connectivity index (χ4v) is 5.26. The molecule has 0 N–H and O–H groups in total. The minimum Gasteiger partial charge on any atom is -0.246 e. The summed E-state index contributed by atoms with van der Waals surface area (Å²) in [6.45, 7) is 4.42. The lowest BCUT2D eigenvalue weighted by atomic mass is 10.1. The van der Waals surface area contributed by atoms with Crippen LogP contribution in [0.4, 0.5) is 0 Å². The van der Waals surface area contributed by atoms with Gasteiger partial charge in [-0.3, -0.25) is 0 Å². The van der Waals surface area contributed by atoms with Crippen LogP contribution in [0.25, 0.3) is 0 Å². The van der Waals surface area contributed by atoms with Crippen molar-refractivity contribution in [3.05, 3.63) is 0 Å². The van der Waals surface area contributed by atoms with Crippen LogP contribution in [0.15, 0.2) is 0 Å². The molecule has 0 aliphatic carbocycles. The van der Waals surface area contributed by atoms with Crippen LogP contribution in [0.2, 0.25) is 0 Å². The van der Waals surface area contributed by atoms with Crippen molar-refractivity contribution in [2.75, 3.05) is 11.5 Å². The predicted octanol–water partition coefficient (Wildman–Crippen LogP) is 5.12. The summed E-state index contributed by atoms with van der Waals surface area (Å²) in [5.41, 5.74) is 0. The molecule has 0 aliphatic rings. The summed E-state index contributed by atoms with van der Waals surface area (Å²) >= 11 is 0. The van der Waals surface area contributed by atoms with Gasteiger partial charge in [0.2, 0.25) is 0 Å². The van der Waals surface area contributed by atoms with Crippen molar-refractivity contribution in [1.82, 2.24) is 0 Å². The van der Waals surface area contributed by atoms with E-state index in [0.717, 1.165) is 25.7 Å². The molecule has 0 aromatic rings. The van der Waals surface area contributed by atoms with Gasteiger partial charge in [-0.1, -0.05) is 78.1 Å². The maximum absolute atomic E-state index is 11.8. The lowest BCUT2D eigenvalue weighted by molar-refractivity contribution is 0.620. The quantitative estimate of drug-likeness (QED) is 0.310. The van der Waals surface area contributed by atoms with Crippen molar-refractivity contribution in [3.8, 4) is 0 Å². The molecule has 0 saturated heterocycles. The first-order valence-electron chi connectivity index (χ1n) is 8.49. The van der Waals surface area contributed by atoms with Gasteiger partial charge >= 0.3 is 0 Å². The van der Waals surface area contributed by atoms with Gasteiger partial charge in [0.15, 0.2) is 0 Å². The Morgan fingerprint density at radius 1 is 0.500 bits per heavy atom. The van der Waals surface area contributed by atoms with E-state index >= 15 is 0 Å². The molecule has 0 fully saturated rings. The van der Waals surface area contributed by atoms with Crippen molar-refractivity contribution in [2.45, 2.75) is 90.9 Å². The maximum Gasteiger partial charge on any atom is 0.110 e. The van der Waals surface area contributed by atoms with Crippen LogP contribution in [0, 0.1) is 0 Å². The van der Waals surface area contributed by atoms with E-state index in [2.05, 4.69) is 13.8 Å². The highest BCUT2D eigenvalue weighted by Gasteiger charge is 2.08. The van der Waals surface area contributed by atoms with Crippen molar-refractivity contribution in [2.24, 2.45) is 0 Å². The summed E-state index contributed by atoms with van der Waals surface area (Å²) < 4.78 is 23.6. The fourth-order valence-electron chi connectivity index (χ4n) is 2.19. The van der Waals surface area contributed by atoms with Crippen molar-refractivity contribution < 1.29 is 8.42 Å². The molecule has 122 valence electrons. The van der Waals surface area contributed by atoms with Crippen LogP contribution in [0.5, 0.6) is 0 Å².